The van der Waals surface area contributed by atoms with Gasteiger partial charge in [-0.25, -0.2) is 0 Å². The van der Waals surface area contributed by atoms with Gasteiger partial charge in [0.15, 0.2) is 0 Å². The monoisotopic (exact) mass is 336 g/mol. The Morgan fingerprint density at radius 1 is 0.833 bits per heavy atom. The van der Waals surface area contributed by atoms with Crippen LogP contribution < -0.4 is 5.73 Å². The first kappa shape index (κ1) is 19.3. The number of hydrogen-bond acceptors (Lipinski definition) is 2. The van der Waals surface area contributed by atoms with Crippen molar-refractivity contribution in [3.05, 3.63) is 0 Å². The van der Waals surface area contributed by atoms with E-state index in [4.69, 9.17) is 5.73 Å². The van der Waals surface area contributed by atoms with E-state index >= 15 is 0 Å². The van der Waals surface area contributed by atoms with Gasteiger partial charge in [-0.3, -0.25) is 9.59 Å². The Bertz CT molecular complexity index is 402. The first-order chi connectivity index (χ1) is 11.5. The van der Waals surface area contributed by atoms with Crippen LogP contribution in [0.3, 0.4) is 0 Å². The molecule has 0 radical (unpaired) electrons. The van der Waals surface area contributed by atoms with Gasteiger partial charge in [-0.1, -0.05) is 39.5 Å². The van der Waals surface area contributed by atoms with Gasteiger partial charge in [-0.2, -0.15) is 0 Å². The maximum atomic E-state index is 13.1. The number of carbonyl (C=O) groups excluding carboxylic acids is 2. The van der Waals surface area contributed by atoms with Gasteiger partial charge >= 0.3 is 0 Å². The summed E-state index contributed by atoms with van der Waals surface area (Å²) in [5.41, 5.74) is 5.21. The zero-order chi connectivity index (χ0) is 17.5. The van der Waals surface area contributed by atoms with Crippen LogP contribution in [-0.2, 0) is 9.59 Å². The Labute approximate surface area is 147 Å². The van der Waals surface area contributed by atoms with E-state index in [1.165, 1.54) is 38.5 Å². The number of amides is 2. The van der Waals surface area contributed by atoms with Gasteiger partial charge in [0.2, 0.25) is 11.8 Å². The molecule has 0 aromatic rings. The second-order valence-electron chi connectivity index (χ2n) is 8.13. The van der Waals surface area contributed by atoms with Gasteiger partial charge in [-0.05, 0) is 50.4 Å². The topological polar surface area (TPSA) is 63.4 Å². The summed E-state index contributed by atoms with van der Waals surface area (Å²) in [6.07, 6.45) is 12.4. The molecule has 24 heavy (non-hydrogen) atoms. The molecule has 2 saturated carbocycles. The number of unbranched alkanes of at least 4 members (excludes halogenated alkanes) is 1. The van der Waals surface area contributed by atoms with Crippen molar-refractivity contribution in [1.29, 1.82) is 0 Å². The van der Waals surface area contributed by atoms with Crippen LogP contribution in [0.2, 0.25) is 0 Å². The molecule has 2 N–H and O–H groups in total. The van der Waals surface area contributed by atoms with Crippen LogP contribution in [0.1, 0.15) is 90.9 Å². The molecule has 2 aliphatic carbocycles. The summed E-state index contributed by atoms with van der Waals surface area (Å²) in [7, 11) is 0. The van der Waals surface area contributed by atoms with Gasteiger partial charge in [0, 0.05) is 24.9 Å². The first-order valence-electron chi connectivity index (χ1n) is 10.1. The van der Waals surface area contributed by atoms with E-state index in [-0.39, 0.29) is 5.91 Å². The fourth-order valence-corrected chi connectivity index (χ4v) is 4.74. The SMILES string of the molecule is CC1CCCCC1N(C(=O)CCCCC(N)=O)C1CCCCC1C. The molecule has 0 bridgehead atoms. The van der Waals surface area contributed by atoms with Crippen LogP contribution in [0.4, 0.5) is 0 Å². The predicted molar refractivity (Wildman–Crippen MR) is 97.3 cm³/mol. The molecule has 0 heterocycles. The van der Waals surface area contributed by atoms with E-state index in [9.17, 15) is 9.59 Å². The third-order valence-electron chi connectivity index (χ3n) is 6.20. The number of nitrogens with zero attached hydrogens (tertiary/aromatic N) is 1. The van der Waals surface area contributed by atoms with Gasteiger partial charge in [0.1, 0.15) is 0 Å². The lowest BCUT2D eigenvalue weighted by molar-refractivity contribution is -0.141. The minimum absolute atomic E-state index is 0.263. The van der Waals surface area contributed by atoms with Crippen LogP contribution in [0.5, 0.6) is 0 Å². The second-order valence-corrected chi connectivity index (χ2v) is 8.13. The standard InChI is InChI=1S/C20H36N2O2/c1-15-9-3-5-11-17(15)22(18-12-6-4-10-16(18)2)20(24)14-8-7-13-19(21)23/h15-18H,3-14H2,1-2H3,(H2,21,23). The molecule has 4 atom stereocenters. The average molecular weight is 337 g/mol. The molecule has 0 aromatic heterocycles. The largest absolute Gasteiger partial charge is 0.370 e. The van der Waals surface area contributed by atoms with Crippen LogP contribution in [-0.4, -0.2) is 28.8 Å². The highest BCUT2D eigenvalue weighted by Crippen LogP contribution is 2.36. The van der Waals surface area contributed by atoms with Crippen molar-refractivity contribution in [2.45, 2.75) is 103 Å². The lowest BCUT2D eigenvalue weighted by Gasteiger charge is -2.47. The Morgan fingerprint density at radius 3 is 1.75 bits per heavy atom. The zero-order valence-corrected chi connectivity index (χ0v) is 15.6. The summed E-state index contributed by atoms with van der Waals surface area (Å²) in [6, 6.07) is 0.848. The van der Waals surface area contributed by atoms with Crippen molar-refractivity contribution in [1.82, 2.24) is 4.90 Å². The Kier molecular flexibility index (Phi) is 7.57. The molecule has 2 aliphatic rings. The number of nitrogens with two attached hydrogens (primary N) is 1. The molecule has 0 aromatic carbocycles. The molecule has 2 rings (SSSR count). The Morgan fingerprint density at radius 2 is 1.29 bits per heavy atom. The molecule has 2 amide bonds. The number of rotatable bonds is 7. The maximum absolute atomic E-state index is 13.1. The van der Waals surface area contributed by atoms with E-state index in [1.54, 1.807) is 0 Å². The molecule has 2 fully saturated rings. The third-order valence-corrected chi connectivity index (χ3v) is 6.20. The molecule has 4 heteroatoms. The number of carbonyl (C=O) groups is 2. The van der Waals surface area contributed by atoms with Gasteiger partial charge in [-0.15, -0.1) is 0 Å². The summed E-state index contributed by atoms with van der Waals surface area (Å²) in [5, 5.41) is 0. The molecule has 4 nitrogen and oxygen atoms in total. The zero-order valence-electron chi connectivity index (χ0n) is 15.6. The number of primary amides is 1. The fraction of sp³-hybridized carbons (Fsp3) is 0.900. The first-order valence-corrected chi connectivity index (χ1v) is 10.1. The van der Waals surface area contributed by atoms with Crippen LogP contribution in [0.25, 0.3) is 0 Å². The van der Waals surface area contributed by atoms with E-state index in [1.807, 2.05) is 0 Å². The van der Waals surface area contributed by atoms with Crippen molar-refractivity contribution >= 4 is 11.8 Å². The van der Waals surface area contributed by atoms with Crippen LogP contribution in [0, 0.1) is 11.8 Å². The van der Waals surface area contributed by atoms with Crippen LogP contribution >= 0.6 is 0 Å². The maximum Gasteiger partial charge on any atom is 0.223 e. The van der Waals surface area contributed by atoms with Crippen molar-refractivity contribution < 1.29 is 9.59 Å². The van der Waals surface area contributed by atoms with Gasteiger partial charge < -0.3 is 10.6 Å². The summed E-state index contributed by atoms with van der Waals surface area (Å²) >= 11 is 0. The Balaban J connectivity index is 2.03. The minimum atomic E-state index is -0.263. The molecular formula is C20H36N2O2. The van der Waals surface area contributed by atoms with Crippen LogP contribution in [0.15, 0.2) is 0 Å². The second kappa shape index (κ2) is 9.43. The van der Waals surface area contributed by atoms with E-state index in [0.717, 1.165) is 25.7 Å². The summed E-state index contributed by atoms with van der Waals surface area (Å²) in [6.45, 7) is 4.65. The molecule has 138 valence electrons. The highest BCUT2D eigenvalue weighted by Gasteiger charge is 2.37. The smallest absolute Gasteiger partial charge is 0.223 e. The van der Waals surface area contributed by atoms with Crippen molar-refractivity contribution in [2.75, 3.05) is 0 Å². The molecule has 0 aliphatic heterocycles. The fourth-order valence-electron chi connectivity index (χ4n) is 4.74. The average Bonchev–Trinajstić information content (AvgIpc) is 2.55. The molecule has 4 unspecified atom stereocenters. The van der Waals surface area contributed by atoms with Gasteiger partial charge in [0.25, 0.3) is 0 Å². The highest BCUT2D eigenvalue weighted by atomic mass is 16.2. The van der Waals surface area contributed by atoms with Crippen molar-refractivity contribution in [2.24, 2.45) is 17.6 Å². The third kappa shape index (κ3) is 5.22. The minimum Gasteiger partial charge on any atom is -0.370 e. The normalized spacial score (nSPS) is 30.8. The lowest BCUT2D eigenvalue weighted by atomic mass is 9.79. The molecule has 0 spiro atoms. The lowest BCUT2D eigenvalue weighted by Crippen LogP contribution is -2.53. The van der Waals surface area contributed by atoms with E-state index < -0.39 is 0 Å². The molecule has 0 saturated heterocycles. The highest BCUT2D eigenvalue weighted by molar-refractivity contribution is 5.77. The van der Waals surface area contributed by atoms with Gasteiger partial charge in [0.05, 0.1) is 0 Å². The quantitative estimate of drug-likeness (QED) is 0.714. The van der Waals surface area contributed by atoms with E-state index in [0.29, 0.717) is 42.7 Å². The Hall–Kier alpha value is -1.06. The summed E-state index contributed by atoms with van der Waals surface area (Å²) < 4.78 is 0. The predicted octanol–water partition coefficient (Wildman–Crippen LogP) is 4.02. The van der Waals surface area contributed by atoms with Crippen molar-refractivity contribution in [3.63, 3.8) is 0 Å². The summed E-state index contributed by atoms with van der Waals surface area (Å²) in [5.74, 6) is 1.28. The van der Waals surface area contributed by atoms with Crippen molar-refractivity contribution in [3.8, 4) is 0 Å². The molecular weight excluding hydrogens is 300 g/mol. The number of hydrogen-bond donors (Lipinski definition) is 1. The summed E-state index contributed by atoms with van der Waals surface area (Å²) in [4.78, 5) is 26.3. The van der Waals surface area contributed by atoms with E-state index in [2.05, 4.69) is 18.7 Å².